The monoisotopic (exact) mass is 264 g/mol. The molecule has 0 spiro atoms. The van der Waals surface area contributed by atoms with E-state index < -0.39 is 11.9 Å². The van der Waals surface area contributed by atoms with Crippen LogP contribution in [0.3, 0.4) is 0 Å². The van der Waals surface area contributed by atoms with E-state index in [2.05, 4.69) is 5.10 Å². The molecule has 1 heterocycles. The maximum Gasteiger partial charge on any atom is 0.163 e. The summed E-state index contributed by atoms with van der Waals surface area (Å²) in [5, 5.41) is 14.6. The Morgan fingerprint density at radius 2 is 2.00 bits per heavy atom. The largest absolute Gasteiger partial charge is 0.493 e. The molecule has 1 unspecified atom stereocenters. The van der Waals surface area contributed by atoms with Crippen molar-refractivity contribution >= 4 is 0 Å². The molecule has 1 atom stereocenters. The van der Waals surface area contributed by atoms with Gasteiger partial charge in [-0.15, -0.1) is 0 Å². The van der Waals surface area contributed by atoms with Gasteiger partial charge in [0.25, 0.3) is 0 Å². The maximum absolute atomic E-state index is 13.8. The van der Waals surface area contributed by atoms with Gasteiger partial charge in [0, 0.05) is 11.6 Å². The Bertz CT molecular complexity index is 566. The molecule has 0 saturated carbocycles. The molecule has 1 aromatic carbocycles. The van der Waals surface area contributed by atoms with Crippen LogP contribution in [0.5, 0.6) is 5.75 Å². The first-order valence-electron chi connectivity index (χ1n) is 6.10. The molecule has 0 amide bonds. The molecule has 5 heteroatoms. The van der Waals surface area contributed by atoms with Gasteiger partial charge in [-0.2, -0.15) is 5.10 Å². The molecule has 0 aliphatic heterocycles. The average Bonchev–Trinajstić information content (AvgIpc) is 2.82. The van der Waals surface area contributed by atoms with Crippen LogP contribution in [0.2, 0.25) is 0 Å². The second kappa shape index (κ2) is 5.40. The lowest BCUT2D eigenvalue weighted by molar-refractivity contribution is 0.195. The highest BCUT2D eigenvalue weighted by Crippen LogP contribution is 2.32. The Morgan fingerprint density at radius 1 is 1.32 bits per heavy atom. The summed E-state index contributed by atoms with van der Waals surface area (Å²) >= 11 is 0. The number of halogens is 1. The van der Waals surface area contributed by atoms with Gasteiger partial charge in [0.05, 0.1) is 13.3 Å². The molecule has 4 nitrogen and oxygen atoms in total. The third-order valence-corrected chi connectivity index (χ3v) is 2.97. The van der Waals surface area contributed by atoms with Crippen LogP contribution >= 0.6 is 0 Å². The van der Waals surface area contributed by atoms with Gasteiger partial charge < -0.3 is 9.84 Å². The lowest BCUT2D eigenvalue weighted by Crippen LogP contribution is -2.14. The molecule has 19 heavy (non-hydrogen) atoms. The molecule has 1 aromatic heterocycles. The van der Waals surface area contributed by atoms with Crippen LogP contribution < -0.4 is 4.74 Å². The third kappa shape index (κ3) is 2.46. The highest BCUT2D eigenvalue weighted by Gasteiger charge is 2.24. The minimum atomic E-state index is -1.11. The van der Waals surface area contributed by atoms with Crippen LogP contribution in [0.1, 0.15) is 37.3 Å². The zero-order valence-corrected chi connectivity index (χ0v) is 11.2. The smallest absolute Gasteiger partial charge is 0.163 e. The van der Waals surface area contributed by atoms with E-state index >= 15 is 0 Å². The van der Waals surface area contributed by atoms with Crippen LogP contribution in [0.4, 0.5) is 4.39 Å². The van der Waals surface area contributed by atoms with Crippen LogP contribution in [0.25, 0.3) is 0 Å². The predicted octanol–water partition coefficient (Wildman–Crippen LogP) is 2.69. The summed E-state index contributed by atoms with van der Waals surface area (Å²) in [5.74, 6) is -0.00184. The SMILES string of the molecule is COc1cnn(C(C)C)c1C(O)c1ccccc1F. The van der Waals surface area contributed by atoms with Gasteiger partial charge in [0.15, 0.2) is 5.75 Å². The van der Waals surface area contributed by atoms with Crippen molar-refractivity contribution in [3.8, 4) is 5.75 Å². The second-order valence-electron chi connectivity index (χ2n) is 4.56. The quantitative estimate of drug-likeness (QED) is 0.923. The molecule has 0 fully saturated rings. The molecule has 0 bridgehead atoms. The molecular weight excluding hydrogens is 247 g/mol. The molecule has 0 radical (unpaired) electrons. The summed E-state index contributed by atoms with van der Waals surface area (Å²) in [4.78, 5) is 0. The van der Waals surface area contributed by atoms with E-state index in [9.17, 15) is 9.50 Å². The molecule has 2 aromatic rings. The van der Waals surface area contributed by atoms with Gasteiger partial charge in [-0.3, -0.25) is 4.68 Å². The summed E-state index contributed by atoms with van der Waals surface area (Å²) in [6.45, 7) is 3.87. The normalized spacial score (nSPS) is 12.7. The minimum Gasteiger partial charge on any atom is -0.493 e. The topological polar surface area (TPSA) is 47.3 Å². The summed E-state index contributed by atoms with van der Waals surface area (Å²) in [7, 11) is 1.50. The van der Waals surface area contributed by atoms with E-state index in [1.807, 2.05) is 13.8 Å². The number of aliphatic hydroxyl groups is 1. The molecule has 102 valence electrons. The number of hydrogen-bond acceptors (Lipinski definition) is 3. The van der Waals surface area contributed by atoms with Crippen LogP contribution in [-0.2, 0) is 0 Å². The minimum absolute atomic E-state index is 0.0420. The third-order valence-electron chi connectivity index (χ3n) is 2.97. The number of benzene rings is 1. The van der Waals surface area contributed by atoms with E-state index in [4.69, 9.17) is 4.74 Å². The number of aliphatic hydroxyl groups excluding tert-OH is 1. The fourth-order valence-electron chi connectivity index (χ4n) is 2.03. The van der Waals surface area contributed by atoms with Crippen LogP contribution in [0, 0.1) is 5.82 Å². The summed E-state index contributed by atoms with van der Waals surface area (Å²) in [5.41, 5.74) is 0.672. The Balaban J connectivity index is 2.52. The van der Waals surface area contributed by atoms with Crippen molar-refractivity contribution < 1.29 is 14.2 Å². The van der Waals surface area contributed by atoms with Gasteiger partial charge in [-0.1, -0.05) is 18.2 Å². The number of hydrogen-bond donors (Lipinski definition) is 1. The first-order valence-corrected chi connectivity index (χ1v) is 6.10. The van der Waals surface area contributed by atoms with Gasteiger partial charge in [0.1, 0.15) is 17.6 Å². The molecular formula is C14H17FN2O2. The number of aromatic nitrogens is 2. The number of nitrogens with zero attached hydrogens (tertiary/aromatic N) is 2. The summed E-state index contributed by atoms with van der Waals surface area (Å²) < 4.78 is 20.6. The molecule has 0 aliphatic carbocycles. The van der Waals surface area contributed by atoms with Crippen LogP contribution in [0.15, 0.2) is 30.5 Å². The Morgan fingerprint density at radius 3 is 2.58 bits per heavy atom. The first-order chi connectivity index (χ1) is 9.06. The molecule has 0 aliphatic rings. The van der Waals surface area contributed by atoms with Crippen molar-refractivity contribution in [2.75, 3.05) is 7.11 Å². The van der Waals surface area contributed by atoms with Crippen molar-refractivity contribution in [2.24, 2.45) is 0 Å². The summed E-state index contributed by atoms with van der Waals surface area (Å²) in [6, 6.07) is 6.19. The number of ether oxygens (including phenoxy) is 1. The second-order valence-corrected chi connectivity index (χ2v) is 4.56. The predicted molar refractivity (Wildman–Crippen MR) is 69.6 cm³/mol. The molecule has 1 N–H and O–H groups in total. The number of methoxy groups -OCH3 is 1. The van der Waals surface area contributed by atoms with Crippen molar-refractivity contribution in [3.63, 3.8) is 0 Å². The van der Waals surface area contributed by atoms with E-state index in [1.54, 1.807) is 22.9 Å². The van der Waals surface area contributed by atoms with E-state index in [1.165, 1.54) is 19.4 Å². The number of rotatable bonds is 4. The van der Waals surface area contributed by atoms with E-state index in [0.29, 0.717) is 11.4 Å². The zero-order valence-electron chi connectivity index (χ0n) is 11.2. The van der Waals surface area contributed by atoms with Crippen molar-refractivity contribution in [1.82, 2.24) is 9.78 Å². The fourth-order valence-corrected chi connectivity index (χ4v) is 2.03. The first kappa shape index (κ1) is 13.5. The zero-order chi connectivity index (χ0) is 14.0. The Labute approximate surface area is 111 Å². The van der Waals surface area contributed by atoms with Crippen molar-refractivity contribution in [1.29, 1.82) is 0 Å². The average molecular weight is 264 g/mol. The molecule has 2 rings (SSSR count). The lowest BCUT2D eigenvalue weighted by atomic mass is 10.1. The van der Waals surface area contributed by atoms with Gasteiger partial charge in [-0.25, -0.2) is 4.39 Å². The van der Waals surface area contributed by atoms with E-state index in [0.717, 1.165) is 0 Å². The maximum atomic E-state index is 13.8. The summed E-state index contributed by atoms with van der Waals surface area (Å²) in [6.07, 6.45) is 0.417. The Hall–Kier alpha value is -1.88. The highest BCUT2D eigenvalue weighted by atomic mass is 19.1. The van der Waals surface area contributed by atoms with Gasteiger partial charge in [-0.05, 0) is 19.9 Å². The van der Waals surface area contributed by atoms with Gasteiger partial charge >= 0.3 is 0 Å². The van der Waals surface area contributed by atoms with Crippen LogP contribution in [-0.4, -0.2) is 22.0 Å². The van der Waals surface area contributed by atoms with Crippen molar-refractivity contribution in [2.45, 2.75) is 26.0 Å². The van der Waals surface area contributed by atoms with E-state index in [-0.39, 0.29) is 11.6 Å². The lowest BCUT2D eigenvalue weighted by Gasteiger charge is -2.17. The van der Waals surface area contributed by atoms with Crippen molar-refractivity contribution in [3.05, 3.63) is 47.5 Å². The Kier molecular flexibility index (Phi) is 3.85. The molecule has 0 saturated heterocycles. The fraction of sp³-hybridized carbons (Fsp3) is 0.357. The van der Waals surface area contributed by atoms with Gasteiger partial charge in [0.2, 0.25) is 0 Å². The standard InChI is InChI=1S/C14H17FN2O2/c1-9(2)17-13(12(19-3)8-16-17)14(18)10-6-4-5-7-11(10)15/h4-9,14,18H,1-3H3. The highest BCUT2D eigenvalue weighted by molar-refractivity contribution is 5.35.